The first-order valence-electron chi connectivity index (χ1n) is 8.26. The molecule has 1 N–H and O–H groups in total. The molecular formula is C17H23N5OS. The summed E-state index contributed by atoms with van der Waals surface area (Å²) in [5.74, 6) is 2.03. The molecule has 0 aromatic carbocycles. The molecule has 0 bridgehead atoms. The number of rotatable bonds is 4. The molecule has 2 aromatic rings. The maximum atomic E-state index is 12.2. The van der Waals surface area contributed by atoms with Crippen LogP contribution in [-0.2, 0) is 4.79 Å². The van der Waals surface area contributed by atoms with Gasteiger partial charge in [0, 0.05) is 42.1 Å². The Morgan fingerprint density at radius 3 is 2.83 bits per heavy atom. The van der Waals surface area contributed by atoms with Gasteiger partial charge < -0.3 is 10.2 Å². The first-order chi connectivity index (χ1) is 11.4. The Morgan fingerprint density at radius 1 is 1.38 bits per heavy atom. The van der Waals surface area contributed by atoms with E-state index in [4.69, 9.17) is 0 Å². The van der Waals surface area contributed by atoms with E-state index in [1.165, 1.54) is 0 Å². The zero-order valence-electron chi connectivity index (χ0n) is 14.5. The topological polar surface area (TPSA) is 71.0 Å². The highest BCUT2D eigenvalue weighted by atomic mass is 32.1. The van der Waals surface area contributed by atoms with E-state index >= 15 is 0 Å². The lowest BCUT2D eigenvalue weighted by atomic mass is 10.0. The number of aromatic nitrogens is 3. The summed E-state index contributed by atoms with van der Waals surface area (Å²) in [5.41, 5.74) is 0.998. The summed E-state index contributed by atoms with van der Waals surface area (Å²) in [6.45, 7) is 9.36. The van der Waals surface area contributed by atoms with Crippen LogP contribution in [0.25, 0.3) is 0 Å². The molecule has 0 radical (unpaired) electrons. The number of carbonyl (C=O) groups excluding carboxylic acids is 1. The molecule has 6 nitrogen and oxygen atoms in total. The lowest BCUT2D eigenvalue weighted by Gasteiger charge is -2.18. The number of nitrogens with zero attached hydrogens (tertiary/aromatic N) is 4. The van der Waals surface area contributed by atoms with Crippen molar-refractivity contribution in [3.8, 4) is 0 Å². The number of hydrogen-bond acceptors (Lipinski definition) is 6. The normalized spacial score (nSPS) is 17.5. The van der Waals surface area contributed by atoms with Crippen LogP contribution in [0.5, 0.6) is 0 Å². The Hall–Kier alpha value is -2.02. The molecule has 3 rings (SSSR count). The van der Waals surface area contributed by atoms with E-state index in [-0.39, 0.29) is 17.7 Å². The minimum Gasteiger partial charge on any atom is -0.342 e. The van der Waals surface area contributed by atoms with Crippen molar-refractivity contribution >= 4 is 28.2 Å². The fraction of sp³-hybridized carbons (Fsp3) is 0.529. The van der Waals surface area contributed by atoms with Crippen molar-refractivity contribution in [3.05, 3.63) is 28.7 Å². The number of carbonyl (C=O) groups is 1. The summed E-state index contributed by atoms with van der Waals surface area (Å²) < 4.78 is 0. The van der Waals surface area contributed by atoms with Crippen LogP contribution in [0.1, 0.15) is 42.6 Å². The zero-order valence-corrected chi connectivity index (χ0v) is 15.4. The maximum Gasteiger partial charge on any atom is 0.225 e. The summed E-state index contributed by atoms with van der Waals surface area (Å²) >= 11 is 1.60. The van der Waals surface area contributed by atoms with Crippen molar-refractivity contribution in [3.63, 3.8) is 0 Å². The average Bonchev–Trinajstić information content (AvgIpc) is 3.15. The zero-order chi connectivity index (χ0) is 17.3. The third kappa shape index (κ3) is 3.72. The summed E-state index contributed by atoms with van der Waals surface area (Å²) in [6, 6.07) is 1.98. The molecular weight excluding hydrogens is 322 g/mol. The van der Waals surface area contributed by atoms with Crippen LogP contribution in [0.3, 0.4) is 0 Å². The number of likely N-dealkylation sites (tertiary alicyclic amines) is 1. The number of thiazole rings is 1. The van der Waals surface area contributed by atoms with Gasteiger partial charge in [0.2, 0.25) is 5.91 Å². The number of hydrogen-bond donors (Lipinski definition) is 1. The van der Waals surface area contributed by atoms with Gasteiger partial charge in [0.15, 0.2) is 5.13 Å². The second kappa shape index (κ2) is 6.84. The van der Waals surface area contributed by atoms with Crippen LogP contribution in [0.15, 0.2) is 12.3 Å². The molecule has 3 heterocycles. The molecule has 0 aliphatic carbocycles. The Balaban J connectivity index is 1.76. The monoisotopic (exact) mass is 345 g/mol. The van der Waals surface area contributed by atoms with Gasteiger partial charge in [-0.1, -0.05) is 13.8 Å². The highest BCUT2D eigenvalue weighted by Crippen LogP contribution is 2.29. The summed E-state index contributed by atoms with van der Waals surface area (Å²) in [4.78, 5) is 28.6. The molecule has 7 heteroatoms. The first-order valence-corrected chi connectivity index (χ1v) is 9.08. The number of anilines is 2. The SMILES string of the molecule is Cc1nc(Nc2ncc(C)s2)cc([C@@H]2CCN(C(=O)C(C)C)C2)n1. The van der Waals surface area contributed by atoms with E-state index in [2.05, 4.69) is 20.3 Å². The van der Waals surface area contributed by atoms with E-state index < -0.39 is 0 Å². The highest BCUT2D eigenvalue weighted by molar-refractivity contribution is 7.15. The molecule has 1 aliphatic rings. The minimum atomic E-state index is 0.0428. The minimum absolute atomic E-state index is 0.0428. The molecule has 0 saturated carbocycles. The maximum absolute atomic E-state index is 12.2. The van der Waals surface area contributed by atoms with Gasteiger partial charge >= 0.3 is 0 Å². The van der Waals surface area contributed by atoms with E-state index in [1.54, 1.807) is 11.3 Å². The summed E-state index contributed by atoms with van der Waals surface area (Å²) in [5, 5.41) is 4.09. The van der Waals surface area contributed by atoms with Gasteiger partial charge in [-0.25, -0.2) is 15.0 Å². The molecule has 0 unspecified atom stereocenters. The molecule has 1 atom stereocenters. The predicted octanol–water partition coefficient (Wildman–Crippen LogP) is 3.27. The quantitative estimate of drug-likeness (QED) is 0.921. The molecule has 1 saturated heterocycles. The summed E-state index contributed by atoms with van der Waals surface area (Å²) in [7, 11) is 0. The highest BCUT2D eigenvalue weighted by Gasteiger charge is 2.29. The third-order valence-electron chi connectivity index (χ3n) is 4.13. The lowest BCUT2D eigenvalue weighted by molar-refractivity contribution is -0.133. The van der Waals surface area contributed by atoms with Gasteiger partial charge in [-0.05, 0) is 20.3 Å². The van der Waals surface area contributed by atoms with Crippen molar-refractivity contribution < 1.29 is 4.79 Å². The van der Waals surface area contributed by atoms with Crippen molar-refractivity contribution in [1.82, 2.24) is 19.9 Å². The van der Waals surface area contributed by atoms with Gasteiger partial charge in [-0.3, -0.25) is 4.79 Å². The van der Waals surface area contributed by atoms with E-state index in [1.807, 2.05) is 44.9 Å². The van der Waals surface area contributed by atoms with Gasteiger partial charge in [0.1, 0.15) is 11.6 Å². The van der Waals surface area contributed by atoms with Crippen molar-refractivity contribution in [2.75, 3.05) is 18.4 Å². The Morgan fingerprint density at radius 2 is 2.17 bits per heavy atom. The Kier molecular flexibility index (Phi) is 4.80. The molecule has 2 aromatic heterocycles. The smallest absolute Gasteiger partial charge is 0.225 e. The van der Waals surface area contributed by atoms with Crippen LogP contribution < -0.4 is 5.32 Å². The third-order valence-corrected chi connectivity index (χ3v) is 4.95. The van der Waals surface area contributed by atoms with Crippen molar-refractivity contribution in [2.45, 2.75) is 40.0 Å². The molecule has 1 amide bonds. The van der Waals surface area contributed by atoms with E-state index in [0.717, 1.165) is 46.9 Å². The van der Waals surface area contributed by atoms with Gasteiger partial charge in [0.25, 0.3) is 0 Å². The fourth-order valence-electron chi connectivity index (χ4n) is 2.95. The molecule has 0 spiro atoms. The predicted molar refractivity (Wildman–Crippen MR) is 95.7 cm³/mol. The summed E-state index contributed by atoms with van der Waals surface area (Å²) in [6.07, 6.45) is 2.79. The fourth-order valence-corrected chi connectivity index (χ4v) is 3.62. The number of amides is 1. The second-order valence-electron chi connectivity index (χ2n) is 6.55. The van der Waals surface area contributed by atoms with Crippen molar-refractivity contribution in [2.24, 2.45) is 5.92 Å². The van der Waals surface area contributed by atoms with Crippen LogP contribution in [0, 0.1) is 19.8 Å². The number of aryl methyl sites for hydroxylation is 2. The van der Waals surface area contributed by atoms with Crippen LogP contribution in [0.4, 0.5) is 10.9 Å². The van der Waals surface area contributed by atoms with Gasteiger partial charge in [-0.2, -0.15) is 0 Å². The molecule has 1 fully saturated rings. The van der Waals surface area contributed by atoms with Gasteiger partial charge in [0.05, 0.1) is 5.69 Å². The van der Waals surface area contributed by atoms with Crippen LogP contribution >= 0.6 is 11.3 Å². The first kappa shape index (κ1) is 16.8. The molecule has 128 valence electrons. The van der Waals surface area contributed by atoms with Gasteiger partial charge in [-0.15, -0.1) is 11.3 Å². The van der Waals surface area contributed by atoms with Crippen molar-refractivity contribution in [1.29, 1.82) is 0 Å². The lowest BCUT2D eigenvalue weighted by Crippen LogP contribution is -2.32. The van der Waals surface area contributed by atoms with Crippen LogP contribution in [-0.4, -0.2) is 38.8 Å². The Labute approximate surface area is 146 Å². The molecule has 1 aliphatic heterocycles. The standard InChI is InChI=1S/C17H23N5OS/c1-10(2)16(23)22-6-5-13(9-22)14-7-15(20-12(4)19-14)21-17-18-8-11(3)24-17/h7-8,10,13H,5-6,9H2,1-4H3,(H,18,19,20,21)/t13-/m1/s1. The second-order valence-corrected chi connectivity index (χ2v) is 7.79. The van der Waals surface area contributed by atoms with E-state index in [9.17, 15) is 4.79 Å². The molecule has 24 heavy (non-hydrogen) atoms. The average molecular weight is 345 g/mol. The largest absolute Gasteiger partial charge is 0.342 e. The Bertz CT molecular complexity index is 742. The van der Waals surface area contributed by atoms with E-state index in [0.29, 0.717) is 0 Å². The van der Waals surface area contributed by atoms with Crippen LogP contribution in [0.2, 0.25) is 0 Å². The number of nitrogens with one attached hydrogen (secondary N) is 1.